The number of hydrogen-bond donors (Lipinski definition) is 3. The summed E-state index contributed by atoms with van der Waals surface area (Å²) in [5.41, 5.74) is 13.0. The first-order valence-corrected chi connectivity index (χ1v) is 8.58. The van der Waals surface area contributed by atoms with Crippen LogP contribution < -0.4 is 26.3 Å². The Labute approximate surface area is 170 Å². The Balaban J connectivity index is 0.00000392. The second kappa shape index (κ2) is 11.2. The minimum absolute atomic E-state index is 0. The zero-order valence-corrected chi connectivity index (χ0v) is 16.7. The number of nitrogens with two attached hydrogens (primary N) is 2. The van der Waals surface area contributed by atoms with Gasteiger partial charge in [0.2, 0.25) is 5.91 Å². The van der Waals surface area contributed by atoms with Crippen LogP contribution in [0.15, 0.2) is 48.5 Å². The molecule has 2 unspecified atom stereocenters. The highest BCUT2D eigenvalue weighted by Gasteiger charge is 2.21. The summed E-state index contributed by atoms with van der Waals surface area (Å²) in [6, 6.07) is 14.3. The molecule has 2 aromatic carbocycles. The number of amides is 2. The van der Waals surface area contributed by atoms with Gasteiger partial charge in [-0.05, 0) is 23.3 Å². The van der Waals surface area contributed by atoms with Gasteiger partial charge in [0.05, 0.1) is 13.0 Å². The van der Waals surface area contributed by atoms with Gasteiger partial charge in [-0.1, -0.05) is 43.3 Å². The van der Waals surface area contributed by atoms with Crippen LogP contribution >= 0.6 is 12.4 Å². The molecule has 5 N–H and O–H groups in total. The van der Waals surface area contributed by atoms with Crippen molar-refractivity contribution in [2.24, 2.45) is 17.4 Å². The average Bonchev–Trinajstić information content (AvgIpc) is 2.70. The first kappa shape index (κ1) is 23.3. The van der Waals surface area contributed by atoms with Gasteiger partial charge in [0, 0.05) is 12.6 Å². The highest BCUT2D eigenvalue weighted by molar-refractivity contribution is 5.85. The molecule has 0 aromatic heterocycles. The number of hydrogen-bond acceptors (Lipinski definition) is 5. The van der Waals surface area contributed by atoms with E-state index in [2.05, 4.69) is 5.32 Å². The quantitative estimate of drug-likeness (QED) is 0.587. The molecule has 0 fully saturated rings. The Kier molecular flexibility index (Phi) is 9.27. The van der Waals surface area contributed by atoms with Crippen LogP contribution in [0.25, 0.3) is 0 Å². The van der Waals surface area contributed by atoms with Gasteiger partial charge in [-0.2, -0.15) is 0 Å². The molecule has 0 spiro atoms. The third-order valence-electron chi connectivity index (χ3n) is 4.20. The van der Waals surface area contributed by atoms with E-state index in [0.29, 0.717) is 18.0 Å². The van der Waals surface area contributed by atoms with Gasteiger partial charge in [0.25, 0.3) is 5.91 Å². The number of nitrogens with one attached hydrogen (secondary N) is 1. The number of halogens is 1. The maximum Gasteiger partial charge on any atom is 0.255 e. The van der Waals surface area contributed by atoms with Gasteiger partial charge in [-0.15, -0.1) is 12.4 Å². The first-order valence-electron chi connectivity index (χ1n) is 8.58. The molecule has 7 nitrogen and oxygen atoms in total. The van der Waals surface area contributed by atoms with E-state index < -0.39 is 5.91 Å². The number of rotatable bonds is 9. The summed E-state index contributed by atoms with van der Waals surface area (Å²) >= 11 is 0. The van der Waals surface area contributed by atoms with E-state index in [0.717, 1.165) is 11.1 Å². The minimum Gasteiger partial charge on any atom is -0.493 e. The molecule has 0 bridgehead atoms. The Morgan fingerprint density at radius 3 is 2.39 bits per heavy atom. The van der Waals surface area contributed by atoms with Crippen molar-refractivity contribution in [1.29, 1.82) is 0 Å². The van der Waals surface area contributed by atoms with Crippen molar-refractivity contribution < 1.29 is 19.1 Å². The topological polar surface area (TPSA) is 117 Å². The van der Waals surface area contributed by atoms with E-state index in [1.165, 1.54) is 7.11 Å². The molecule has 0 saturated carbocycles. The molecule has 2 atom stereocenters. The number of ether oxygens (including phenoxy) is 2. The standard InChI is InChI=1S/C20H25N3O4.ClH/c1-13(19(22)15-6-4-3-5-7-15)20(25)23-11-14-8-9-16(17(10-14)26-2)27-12-18(21)24;/h3-10,13,19H,11-12,22H2,1-2H3,(H2,21,24)(H,23,25);1H. The van der Waals surface area contributed by atoms with E-state index in [9.17, 15) is 9.59 Å². The largest absolute Gasteiger partial charge is 0.493 e. The molecule has 8 heteroatoms. The SMILES string of the molecule is COc1cc(CNC(=O)C(C)C(N)c2ccccc2)ccc1OCC(N)=O.Cl. The summed E-state index contributed by atoms with van der Waals surface area (Å²) in [5.74, 6) is -0.230. The fourth-order valence-electron chi connectivity index (χ4n) is 2.57. The second-order valence-electron chi connectivity index (χ2n) is 6.18. The maximum atomic E-state index is 12.4. The van der Waals surface area contributed by atoms with E-state index in [1.807, 2.05) is 30.3 Å². The third-order valence-corrected chi connectivity index (χ3v) is 4.20. The Morgan fingerprint density at radius 2 is 1.79 bits per heavy atom. The Morgan fingerprint density at radius 1 is 1.11 bits per heavy atom. The lowest BCUT2D eigenvalue weighted by molar-refractivity contribution is -0.125. The van der Waals surface area contributed by atoms with Crippen LogP contribution in [0.3, 0.4) is 0 Å². The number of primary amides is 1. The van der Waals surface area contributed by atoms with Crippen molar-refractivity contribution in [3.63, 3.8) is 0 Å². The van der Waals surface area contributed by atoms with Crippen LogP contribution in [0.1, 0.15) is 24.1 Å². The normalized spacial score (nSPS) is 12.2. The Bertz CT molecular complexity index is 786. The molecule has 152 valence electrons. The van der Waals surface area contributed by atoms with Crippen molar-refractivity contribution in [3.05, 3.63) is 59.7 Å². The summed E-state index contributed by atoms with van der Waals surface area (Å²) in [4.78, 5) is 23.3. The van der Waals surface area contributed by atoms with Crippen molar-refractivity contribution in [2.75, 3.05) is 13.7 Å². The van der Waals surface area contributed by atoms with Crippen LogP contribution in [-0.2, 0) is 16.1 Å². The monoisotopic (exact) mass is 407 g/mol. The summed E-state index contributed by atoms with van der Waals surface area (Å²) in [5, 5.41) is 2.88. The third kappa shape index (κ3) is 6.44. The van der Waals surface area contributed by atoms with Crippen LogP contribution in [0.5, 0.6) is 11.5 Å². The van der Waals surface area contributed by atoms with Crippen LogP contribution in [-0.4, -0.2) is 25.5 Å². The summed E-state index contributed by atoms with van der Waals surface area (Å²) < 4.78 is 10.5. The van der Waals surface area contributed by atoms with E-state index in [1.54, 1.807) is 25.1 Å². The lowest BCUT2D eigenvalue weighted by atomic mass is 9.94. The van der Waals surface area contributed by atoms with E-state index in [-0.39, 0.29) is 36.9 Å². The van der Waals surface area contributed by atoms with Gasteiger partial charge in [0.1, 0.15) is 0 Å². The zero-order valence-electron chi connectivity index (χ0n) is 15.9. The summed E-state index contributed by atoms with van der Waals surface area (Å²) in [7, 11) is 1.50. The second-order valence-corrected chi connectivity index (χ2v) is 6.18. The summed E-state index contributed by atoms with van der Waals surface area (Å²) in [6.07, 6.45) is 0. The molecule has 0 heterocycles. The fourth-order valence-corrected chi connectivity index (χ4v) is 2.57. The van der Waals surface area contributed by atoms with Gasteiger partial charge in [-0.3, -0.25) is 9.59 Å². The lowest BCUT2D eigenvalue weighted by Crippen LogP contribution is -2.35. The molecular formula is C20H26ClN3O4. The molecule has 0 aliphatic carbocycles. The molecule has 0 aliphatic rings. The number of methoxy groups -OCH3 is 1. The lowest BCUT2D eigenvalue weighted by Gasteiger charge is -2.20. The highest BCUT2D eigenvalue weighted by Crippen LogP contribution is 2.28. The predicted molar refractivity (Wildman–Crippen MR) is 109 cm³/mol. The minimum atomic E-state index is -0.572. The van der Waals surface area contributed by atoms with Crippen molar-refractivity contribution in [2.45, 2.75) is 19.5 Å². The Hall–Kier alpha value is -2.77. The van der Waals surface area contributed by atoms with Gasteiger partial charge in [-0.25, -0.2) is 0 Å². The fraction of sp³-hybridized carbons (Fsp3) is 0.300. The molecule has 0 aliphatic heterocycles. The number of carbonyl (C=O) groups excluding carboxylic acids is 2. The van der Waals surface area contributed by atoms with Gasteiger partial charge in [0.15, 0.2) is 18.1 Å². The summed E-state index contributed by atoms with van der Waals surface area (Å²) in [6.45, 7) is 1.88. The van der Waals surface area contributed by atoms with Gasteiger partial charge >= 0.3 is 0 Å². The molecule has 0 radical (unpaired) electrons. The smallest absolute Gasteiger partial charge is 0.255 e. The molecule has 2 aromatic rings. The maximum absolute atomic E-state index is 12.4. The molecule has 0 saturated heterocycles. The van der Waals surface area contributed by atoms with Crippen molar-refractivity contribution >= 4 is 24.2 Å². The average molecular weight is 408 g/mol. The van der Waals surface area contributed by atoms with E-state index >= 15 is 0 Å². The number of benzene rings is 2. The highest BCUT2D eigenvalue weighted by atomic mass is 35.5. The zero-order chi connectivity index (χ0) is 19.8. The first-order chi connectivity index (χ1) is 12.9. The molecule has 2 rings (SSSR count). The van der Waals surface area contributed by atoms with E-state index in [4.69, 9.17) is 20.9 Å². The molecule has 28 heavy (non-hydrogen) atoms. The van der Waals surface area contributed by atoms with Crippen molar-refractivity contribution in [3.8, 4) is 11.5 Å². The van der Waals surface area contributed by atoms with Crippen LogP contribution in [0.4, 0.5) is 0 Å². The van der Waals surface area contributed by atoms with Crippen LogP contribution in [0.2, 0.25) is 0 Å². The predicted octanol–water partition coefficient (Wildman–Crippen LogP) is 1.93. The number of carbonyl (C=O) groups is 2. The van der Waals surface area contributed by atoms with Crippen molar-refractivity contribution in [1.82, 2.24) is 5.32 Å². The van der Waals surface area contributed by atoms with Gasteiger partial charge < -0.3 is 26.3 Å². The molecule has 2 amide bonds. The molecular weight excluding hydrogens is 382 g/mol. The van der Waals surface area contributed by atoms with Crippen LogP contribution in [0, 0.1) is 5.92 Å².